The van der Waals surface area contributed by atoms with E-state index in [2.05, 4.69) is 35.7 Å². The number of Topliss-reactive ketones (excluding diaryl/α,β-unsaturated/α-hetero) is 1. The molecule has 3 aromatic rings. The van der Waals surface area contributed by atoms with Crippen LogP contribution in [0.5, 0.6) is 5.88 Å². The van der Waals surface area contributed by atoms with Crippen molar-refractivity contribution in [3.05, 3.63) is 60.8 Å². The summed E-state index contributed by atoms with van der Waals surface area (Å²) >= 11 is 0. The average Bonchev–Trinajstić information content (AvgIpc) is 4.05. The fourth-order valence-corrected chi connectivity index (χ4v) is 12.0. The van der Waals surface area contributed by atoms with E-state index in [0.29, 0.717) is 45.0 Å². The van der Waals surface area contributed by atoms with E-state index in [1.54, 1.807) is 11.0 Å². The van der Waals surface area contributed by atoms with Gasteiger partial charge in [0.2, 0.25) is 23.6 Å². The molecule has 2 aromatic heterocycles. The van der Waals surface area contributed by atoms with Crippen LogP contribution in [0, 0.1) is 24.7 Å². The Morgan fingerprint density at radius 3 is 2.59 bits per heavy atom. The van der Waals surface area contributed by atoms with Crippen LogP contribution in [0.1, 0.15) is 76.2 Å². The molecule has 14 heteroatoms. The molecule has 9 rings (SSSR count). The molecule has 1 unspecified atom stereocenters. The quantitative estimate of drug-likeness (QED) is 0.315. The van der Waals surface area contributed by atoms with Gasteiger partial charge >= 0.3 is 0 Å². The van der Waals surface area contributed by atoms with Crippen molar-refractivity contribution in [2.75, 3.05) is 32.0 Å². The summed E-state index contributed by atoms with van der Waals surface area (Å²) in [5, 5.41) is 4.46. The van der Waals surface area contributed by atoms with E-state index < -0.39 is 62.1 Å². The monoisotopic (exact) mass is 825 g/mol. The number of pyridine rings is 1. The summed E-state index contributed by atoms with van der Waals surface area (Å²) in [5.74, 6) is -2.80. The molecule has 3 saturated carbocycles. The number of carbonyl (C=O) groups is 4. The number of benzene rings is 1. The summed E-state index contributed by atoms with van der Waals surface area (Å²) in [5.41, 5.74) is 1.21. The van der Waals surface area contributed by atoms with Crippen molar-refractivity contribution in [2.24, 2.45) is 17.8 Å². The van der Waals surface area contributed by atoms with Crippen molar-refractivity contribution in [3.8, 4) is 5.88 Å². The number of sulfone groups is 1. The van der Waals surface area contributed by atoms with Crippen molar-refractivity contribution >= 4 is 55.1 Å². The Morgan fingerprint density at radius 2 is 1.83 bits per heavy atom. The fourth-order valence-electron chi connectivity index (χ4n) is 10.3. The lowest BCUT2D eigenvalue weighted by molar-refractivity contribution is -0.147. The number of aromatic nitrogens is 2. The Hall–Kier alpha value is -4.56. The summed E-state index contributed by atoms with van der Waals surface area (Å²) in [6, 6.07) is 6.88. The maximum atomic E-state index is 15.1. The predicted octanol–water partition coefficient (Wildman–Crippen LogP) is 4.83. The van der Waals surface area contributed by atoms with Gasteiger partial charge in [-0.15, -0.1) is 6.58 Å². The number of piperidine rings is 1. The van der Waals surface area contributed by atoms with Crippen molar-refractivity contribution in [1.29, 1.82) is 0 Å². The Bertz CT molecular complexity index is 2330. The van der Waals surface area contributed by atoms with Gasteiger partial charge in [-0.05, 0) is 69.4 Å². The van der Waals surface area contributed by atoms with Gasteiger partial charge in [-0.1, -0.05) is 49.3 Å². The molecule has 6 atom stereocenters. The molecule has 13 nitrogen and oxygen atoms in total. The third kappa shape index (κ3) is 7.71. The number of amides is 3. The molecule has 3 amide bonds. The maximum Gasteiger partial charge on any atom is 0.243 e. The van der Waals surface area contributed by atoms with E-state index in [-0.39, 0.29) is 49.6 Å². The fraction of sp³-hybridized carbons (Fsp3) is 0.578. The van der Waals surface area contributed by atoms with Gasteiger partial charge in [0, 0.05) is 61.3 Å². The number of nitrogens with one attached hydrogen (secondary N) is 1. The molecule has 1 aromatic carbocycles. The number of ether oxygens (including phenoxy) is 2. The zero-order valence-corrected chi connectivity index (χ0v) is 34.7. The third-order valence-electron chi connectivity index (χ3n) is 13.8. The first-order valence-corrected chi connectivity index (χ1v) is 23.3. The Morgan fingerprint density at radius 1 is 1.03 bits per heavy atom. The first kappa shape index (κ1) is 39.9. The number of nitrogens with zero attached hydrogens (tertiary/aromatic N) is 4. The SMILES string of the molecule is C=C[C@H]1C[C@]1(NC(=O)[C@@H]1C[C@@H]2CN1C(=O)[C@H](C1CCCC1)CC(=O)N1CCCC(C1)OC/C=C/Cn1cc(C)c3c4ccccc4nc(c31)O2)C(=O)CS(=O)(=O)C1CC1. The molecule has 314 valence electrons. The number of hydrogen-bond acceptors (Lipinski definition) is 9. The molecule has 59 heavy (non-hydrogen) atoms. The van der Waals surface area contributed by atoms with E-state index in [9.17, 15) is 22.8 Å². The number of ketones is 1. The molecule has 1 N–H and O–H groups in total. The molecule has 3 aliphatic carbocycles. The van der Waals surface area contributed by atoms with E-state index >= 15 is 4.79 Å². The Balaban J connectivity index is 1.09. The van der Waals surface area contributed by atoms with Gasteiger partial charge in [0.05, 0.1) is 30.0 Å². The Kier molecular flexibility index (Phi) is 10.7. The lowest BCUT2D eigenvalue weighted by Crippen LogP contribution is -2.55. The third-order valence-corrected chi connectivity index (χ3v) is 16.0. The topological polar surface area (TPSA) is 157 Å². The van der Waals surface area contributed by atoms with Gasteiger partial charge in [0.25, 0.3) is 0 Å². The van der Waals surface area contributed by atoms with Crippen LogP contribution in [-0.4, -0.2) is 112 Å². The highest BCUT2D eigenvalue weighted by Crippen LogP contribution is 2.47. The molecule has 5 fully saturated rings. The number of para-hydroxylation sites is 1. The number of rotatable bonds is 8. The van der Waals surface area contributed by atoms with Crippen LogP contribution in [0.15, 0.2) is 55.3 Å². The van der Waals surface area contributed by atoms with E-state index in [0.717, 1.165) is 65.9 Å². The second kappa shape index (κ2) is 15.8. The van der Waals surface area contributed by atoms with Gasteiger partial charge in [0.15, 0.2) is 15.6 Å². The number of aryl methyl sites for hydroxylation is 1. The highest BCUT2D eigenvalue weighted by atomic mass is 32.2. The van der Waals surface area contributed by atoms with Crippen LogP contribution in [0.25, 0.3) is 21.8 Å². The van der Waals surface area contributed by atoms with Crippen LogP contribution in [0.2, 0.25) is 0 Å². The van der Waals surface area contributed by atoms with E-state index in [1.807, 2.05) is 35.2 Å². The second-order valence-corrected chi connectivity index (χ2v) is 20.1. The van der Waals surface area contributed by atoms with Crippen molar-refractivity contribution in [2.45, 2.75) is 113 Å². The summed E-state index contributed by atoms with van der Waals surface area (Å²) in [7, 11) is -3.64. The number of carbonyl (C=O) groups excluding carboxylic acids is 4. The average molecular weight is 826 g/mol. The largest absolute Gasteiger partial charge is 0.471 e. The standard InChI is InChI=1S/C45H55N5O8S/c1-3-30-23-45(30,38(51)27-59(55,56)33-16-17-33)47-42(53)37-21-32-26-50(37)44(54)35(29-11-4-5-12-29)22-39(52)48-19-10-13-31(25-48)57-20-9-8-18-49-24-28(2)40-34-14-6-7-15-36(34)46-43(58-32)41(40)49/h3,6-9,14-15,24,29-33,35,37H,1,4-5,10-13,16-23,25-27H2,2H3,(H,47,53)/b9-8+/t30-,31?,32+,35-,37-,45+/m0/s1. The molecule has 5 heterocycles. The number of allylic oxidation sites excluding steroid dienone is 1. The van der Waals surface area contributed by atoms with Crippen LogP contribution < -0.4 is 10.1 Å². The van der Waals surface area contributed by atoms with E-state index in [1.165, 1.54) is 0 Å². The first-order valence-electron chi connectivity index (χ1n) is 21.5. The number of hydrogen-bond donors (Lipinski definition) is 1. The highest BCUT2D eigenvalue weighted by Gasteiger charge is 2.61. The van der Waals surface area contributed by atoms with Gasteiger partial charge in [-0.2, -0.15) is 0 Å². The van der Waals surface area contributed by atoms with Gasteiger partial charge in [-0.3, -0.25) is 19.2 Å². The number of fused-ring (bicyclic) bond motifs is 6. The summed E-state index contributed by atoms with van der Waals surface area (Å²) in [6.45, 7) is 8.02. The zero-order chi connectivity index (χ0) is 41.1. The van der Waals surface area contributed by atoms with Crippen molar-refractivity contribution < 1.29 is 37.1 Å². The van der Waals surface area contributed by atoms with Crippen molar-refractivity contribution in [1.82, 2.24) is 24.7 Å². The predicted molar refractivity (Wildman–Crippen MR) is 222 cm³/mol. The molecule has 4 bridgehead atoms. The second-order valence-electron chi connectivity index (χ2n) is 17.8. The normalized spacial score (nSPS) is 30.1. The minimum Gasteiger partial charge on any atom is -0.471 e. The molecule has 0 spiro atoms. The van der Waals surface area contributed by atoms with Gasteiger partial charge < -0.3 is 29.2 Å². The van der Waals surface area contributed by atoms with E-state index in [4.69, 9.17) is 14.5 Å². The summed E-state index contributed by atoms with van der Waals surface area (Å²) in [4.78, 5) is 66.2. The lowest BCUT2D eigenvalue weighted by Gasteiger charge is -2.35. The van der Waals surface area contributed by atoms with Crippen LogP contribution in [0.3, 0.4) is 0 Å². The molecule has 6 aliphatic rings. The van der Waals surface area contributed by atoms with Gasteiger partial charge in [-0.25, -0.2) is 13.4 Å². The lowest BCUT2D eigenvalue weighted by atomic mass is 9.86. The Labute approximate surface area is 345 Å². The van der Waals surface area contributed by atoms with Gasteiger partial charge in [0.1, 0.15) is 29.0 Å². The molecule has 0 radical (unpaired) electrons. The molecule has 3 aliphatic heterocycles. The first-order chi connectivity index (χ1) is 28.5. The van der Waals surface area contributed by atoms with Crippen LogP contribution >= 0.6 is 0 Å². The summed E-state index contributed by atoms with van der Waals surface area (Å²) < 4.78 is 41.2. The van der Waals surface area contributed by atoms with Crippen molar-refractivity contribution in [3.63, 3.8) is 0 Å². The molecular formula is C45H55N5O8S. The highest BCUT2D eigenvalue weighted by molar-refractivity contribution is 7.93. The minimum atomic E-state index is -3.64. The summed E-state index contributed by atoms with van der Waals surface area (Å²) in [6.07, 6.45) is 13.7. The maximum absolute atomic E-state index is 15.1. The van der Waals surface area contributed by atoms with Crippen LogP contribution in [-0.2, 0) is 40.3 Å². The molecular weight excluding hydrogens is 771 g/mol. The molecule has 2 saturated heterocycles. The smallest absolute Gasteiger partial charge is 0.243 e. The minimum absolute atomic E-state index is 0.0200. The zero-order valence-electron chi connectivity index (χ0n) is 33.9. The van der Waals surface area contributed by atoms with Crippen LogP contribution in [0.4, 0.5) is 0 Å².